The summed E-state index contributed by atoms with van der Waals surface area (Å²) in [5.74, 6) is 0.947. The third-order valence-corrected chi connectivity index (χ3v) is 5.34. The van der Waals surface area contributed by atoms with E-state index in [1.165, 1.54) is 11.1 Å². The van der Waals surface area contributed by atoms with E-state index in [-0.39, 0.29) is 6.04 Å². The fourth-order valence-corrected chi connectivity index (χ4v) is 3.99. The van der Waals surface area contributed by atoms with Crippen LogP contribution in [-0.2, 0) is 0 Å². The normalized spacial score (nSPS) is 15.8. The summed E-state index contributed by atoms with van der Waals surface area (Å²) < 4.78 is 2.11. The fraction of sp³-hybridized carbons (Fsp3) is 0.120. The van der Waals surface area contributed by atoms with Gasteiger partial charge in [-0.2, -0.15) is 5.10 Å². The number of nitrogens with zero attached hydrogens (tertiary/aromatic N) is 3. The van der Waals surface area contributed by atoms with E-state index in [1.54, 1.807) is 0 Å². The second-order valence-corrected chi connectivity index (χ2v) is 7.15. The van der Waals surface area contributed by atoms with Gasteiger partial charge in [-0.3, -0.25) is 0 Å². The highest BCUT2D eigenvalue weighted by Crippen LogP contribution is 2.41. The molecule has 5 rings (SSSR count). The summed E-state index contributed by atoms with van der Waals surface area (Å²) >= 11 is 0. The Hall–Kier alpha value is -3.46. The van der Waals surface area contributed by atoms with Gasteiger partial charge in [0, 0.05) is 12.0 Å². The van der Waals surface area contributed by atoms with Crippen molar-refractivity contribution in [1.82, 2.24) is 9.78 Å². The minimum atomic E-state index is 0.139. The summed E-state index contributed by atoms with van der Waals surface area (Å²) in [4.78, 5) is 5.11. The number of aryl methyl sites for hydroxylation is 1. The Morgan fingerprint density at radius 3 is 1.96 bits per heavy atom. The van der Waals surface area contributed by atoms with Gasteiger partial charge in [-0.1, -0.05) is 91.0 Å². The minimum absolute atomic E-state index is 0.139. The van der Waals surface area contributed by atoms with Crippen molar-refractivity contribution in [2.24, 2.45) is 4.99 Å². The highest BCUT2D eigenvalue weighted by molar-refractivity contribution is 6.04. The number of benzene rings is 3. The molecule has 136 valence electrons. The van der Waals surface area contributed by atoms with Gasteiger partial charge in [0.15, 0.2) is 5.82 Å². The summed E-state index contributed by atoms with van der Waals surface area (Å²) in [5.41, 5.74) is 6.83. The van der Waals surface area contributed by atoms with Crippen molar-refractivity contribution in [1.29, 1.82) is 0 Å². The van der Waals surface area contributed by atoms with Crippen molar-refractivity contribution in [3.63, 3.8) is 0 Å². The van der Waals surface area contributed by atoms with Crippen LogP contribution in [0.4, 0.5) is 5.82 Å². The molecule has 0 spiro atoms. The lowest BCUT2D eigenvalue weighted by Gasteiger charge is -2.25. The quantitative estimate of drug-likeness (QED) is 0.441. The maximum Gasteiger partial charge on any atom is 0.159 e. The average Bonchev–Trinajstić information content (AvgIpc) is 3.10. The van der Waals surface area contributed by atoms with Crippen molar-refractivity contribution in [2.45, 2.75) is 19.4 Å². The van der Waals surface area contributed by atoms with Crippen LogP contribution in [0.15, 0.2) is 96.0 Å². The second-order valence-electron chi connectivity index (χ2n) is 7.15. The molecule has 0 N–H and O–H groups in total. The lowest BCUT2D eigenvalue weighted by molar-refractivity contribution is 0.529. The van der Waals surface area contributed by atoms with Crippen LogP contribution >= 0.6 is 0 Å². The maximum atomic E-state index is 5.11. The average molecular weight is 363 g/mol. The lowest BCUT2D eigenvalue weighted by Crippen LogP contribution is -2.21. The van der Waals surface area contributed by atoms with Gasteiger partial charge in [-0.15, -0.1) is 0 Å². The first-order chi connectivity index (χ1) is 13.8. The van der Waals surface area contributed by atoms with Gasteiger partial charge in [0.25, 0.3) is 0 Å². The van der Waals surface area contributed by atoms with Crippen LogP contribution < -0.4 is 0 Å². The second kappa shape index (κ2) is 6.93. The van der Waals surface area contributed by atoms with E-state index in [9.17, 15) is 0 Å². The van der Waals surface area contributed by atoms with Crippen LogP contribution in [0.3, 0.4) is 0 Å². The highest BCUT2D eigenvalue weighted by atomic mass is 15.4. The van der Waals surface area contributed by atoms with Gasteiger partial charge in [0.1, 0.15) is 0 Å². The fourth-order valence-electron chi connectivity index (χ4n) is 3.99. The first-order valence-corrected chi connectivity index (χ1v) is 9.64. The molecule has 1 aliphatic rings. The van der Waals surface area contributed by atoms with E-state index in [0.717, 1.165) is 34.8 Å². The molecule has 2 heterocycles. The molecule has 3 heteroatoms. The third-order valence-electron chi connectivity index (χ3n) is 5.34. The molecule has 0 unspecified atom stereocenters. The molecule has 1 atom stereocenters. The van der Waals surface area contributed by atoms with Crippen molar-refractivity contribution < 1.29 is 0 Å². The highest BCUT2D eigenvalue weighted by Gasteiger charge is 2.29. The Bertz CT molecular complexity index is 1130. The van der Waals surface area contributed by atoms with Crippen LogP contribution in [0.2, 0.25) is 0 Å². The first-order valence-electron chi connectivity index (χ1n) is 9.64. The van der Waals surface area contributed by atoms with Crippen LogP contribution in [0, 0.1) is 6.92 Å². The molecule has 0 aliphatic carbocycles. The molecule has 3 nitrogen and oxygen atoms in total. The van der Waals surface area contributed by atoms with Gasteiger partial charge in [0.2, 0.25) is 0 Å². The Morgan fingerprint density at radius 1 is 0.750 bits per heavy atom. The molecule has 0 amide bonds. The van der Waals surface area contributed by atoms with E-state index in [0.29, 0.717) is 0 Å². The molecule has 0 fully saturated rings. The number of aromatic nitrogens is 2. The SMILES string of the molecule is Cc1nn2c(c1-c1ccccc1)N=C(c1ccccc1)C[C@@H]2c1ccccc1. The molecule has 0 saturated heterocycles. The topological polar surface area (TPSA) is 30.2 Å². The van der Waals surface area contributed by atoms with E-state index >= 15 is 0 Å². The monoisotopic (exact) mass is 363 g/mol. The molecular formula is C25H21N3. The molecule has 4 aromatic rings. The Kier molecular flexibility index (Phi) is 4.13. The van der Waals surface area contributed by atoms with Gasteiger partial charge < -0.3 is 0 Å². The van der Waals surface area contributed by atoms with Gasteiger partial charge in [0.05, 0.1) is 17.4 Å². The van der Waals surface area contributed by atoms with Gasteiger partial charge >= 0.3 is 0 Å². The summed E-state index contributed by atoms with van der Waals surface area (Å²) in [6.45, 7) is 2.08. The van der Waals surface area contributed by atoms with E-state index in [1.807, 2.05) is 12.1 Å². The molecule has 0 radical (unpaired) electrons. The zero-order valence-corrected chi connectivity index (χ0v) is 15.8. The minimum Gasteiger partial charge on any atom is -0.239 e. The summed E-state index contributed by atoms with van der Waals surface area (Å²) in [6, 6.07) is 31.7. The third kappa shape index (κ3) is 2.85. The predicted molar refractivity (Wildman–Crippen MR) is 114 cm³/mol. The summed E-state index contributed by atoms with van der Waals surface area (Å²) in [6.07, 6.45) is 0.830. The van der Waals surface area contributed by atoms with Crippen molar-refractivity contribution in [3.8, 4) is 11.1 Å². The predicted octanol–water partition coefficient (Wildman–Crippen LogP) is 5.97. The van der Waals surface area contributed by atoms with Crippen LogP contribution in [0.5, 0.6) is 0 Å². The molecule has 1 aliphatic heterocycles. The van der Waals surface area contributed by atoms with E-state index in [2.05, 4.69) is 90.5 Å². The van der Waals surface area contributed by atoms with E-state index < -0.39 is 0 Å². The number of hydrogen-bond donors (Lipinski definition) is 0. The molecule has 28 heavy (non-hydrogen) atoms. The molecule has 1 aromatic heterocycles. The largest absolute Gasteiger partial charge is 0.239 e. The molecular weight excluding hydrogens is 342 g/mol. The van der Waals surface area contributed by atoms with Crippen LogP contribution in [-0.4, -0.2) is 15.5 Å². The Labute approximate surface area is 165 Å². The zero-order chi connectivity index (χ0) is 18.9. The first kappa shape index (κ1) is 16.7. The summed E-state index contributed by atoms with van der Waals surface area (Å²) in [5, 5.41) is 4.92. The summed E-state index contributed by atoms with van der Waals surface area (Å²) in [7, 11) is 0. The van der Waals surface area contributed by atoms with Crippen LogP contribution in [0.25, 0.3) is 11.1 Å². The van der Waals surface area contributed by atoms with Crippen molar-refractivity contribution in [2.75, 3.05) is 0 Å². The Balaban J connectivity index is 1.73. The van der Waals surface area contributed by atoms with Crippen molar-refractivity contribution >= 4 is 11.5 Å². The molecule has 3 aromatic carbocycles. The number of aliphatic imine (C=N–C) groups is 1. The molecule has 0 saturated carbocycles. The van der Waals surface area contributed by atoms with Crippen molar-refractivity contribution in [3.05, 3.63) is 108 Å². The lowest BCUT2D eigenvalue weighted by atomic mass is 9.95. The maximum absolute atomic E-state index is 5.11. The zero-order valence-electron chi connectivity index (χ0n) is 15.8. The number of fused-ring (bicyclic) bond motifs is 1. The standard InChI is InChI=1S/C25H21N3/c1-18-24(21-15-9-4-10-16-21)25-26-22(19-11-5-2-6-12-19)17-23(28(25)27-18)20-13-7-3-8-14-20/h2-16,23H,17H2,1H3/t23-/m1/s1. The molecule has 0 bridgehead atoms. The number of hydrogen-bond acceptors (Lipinski definition) is 2. The van der Waals surface area contributed by atoms with Gasteiger partial charge in [-0.25, -0.2) is 9.67 Å². The van der Waals surface area contributed by atoms with Gasteiger partial charge in [-0.05, 0) is 23.6 Å². The van der Waals surface area contributed by atoms with Crippen LogP contribution in [0.1, 0.15) is 29.3 Å². The smallest absolute Gasteiger partial charge is 0.159 e. The number of rotatable bonds is 3. The van der Waals surface area contributed by atoms with E-state index in [4.69, 9.17) is 10.1 Å². The Morgan fingerprint density at radius 2 is 1.32 bits per heavy atom.